The van der Waals surface area contributed by atoms with Crippen molar-refractivity contribution in [1.29, 1.82) is 0 Å². The van der Waals surface area contributed by atoms with E-state index in [2.05, 4.69) is 23.8 Å². The van der Waals surface area contributed by atoms with E-state index in [0.29, 0.717) is 26.2 Å². The lowest BCUT2D eigenvalue weighted by Crippen LogP contribution is -2.56. The highest BCUT2D eigenvalue weighted by molar-refractivity contribution is 5.97. The molecule has 0 spiro atoms. The van der Waals surface area contributed by atoms with E-state index < -0.39 is 23.8 Å². The molecule has 0 saturated carbocycles. The Morgan fingerprint density at radius 3 is 2.58 bits per heavy atom. The van der Waals surface area contributed by atoms with E-state index in [9.17, 15) is 19.5 Å². The highest BCUT2D eigenvalue weighted by Crippen LogP contribution is 2.18. The zero-order valence-electron chi connectivity index (χ0n) is 13.7. The van der Waals surface area contributed by atoms with Crippen LogP contribution in [-0.2, 0) is 19.1 Å². The first-order valence-corrected chi connectivity index (χ1v) is 7.59. The maximum Gasteiger partial charge on any atom is 0.354 e. The summed E-state index contributed by atoms with van der Waals surface area (Å²) in [6.45, 7) is 10.1. The van der Waals surface area contributed by atoms with Crippen molar-refractivity contribution in [2.45, 2.75) is 25.4 Å². The lowest BCUT2D eigenvalue weighted by Gasteiger charge is -2.38. The predicted molar refractivity (Wildman–Crippen MR) is 87.8 cm³/mol. The van der Waals surface area contributed by atoms with Gasteiger partial charge in [-0.15, -0.1) is 0 Å². The minimum Gasteiger partial charge on any atom is -0.477 e. The molecular weight excluding hydrogens is 314 g/mol. The molecule has 2 amide bonds. The quantitative estimate of drug-likeness (QED) is 0.538. The predicted octanol–water partition coefficient (Wildman–Crippen LogP) is -0.00380. The number of carboxylic acid groups (broad SMARTS) is 1. The molecule has 24 heavy (non-hydrogen) atoms. The van der Waals surface area contributed by atoms with Crippen molar-refractivity contribution in [3.05, 3.63) is 37.2 Å². The first-order valence-electron chi connectivity index (χ1n) is 7.59. The van der Waals surface area contributed by atoms with Gasteiger partial charge in [-0.1, -0.05) is 20.1 Å². The molecule has 1 aliphatic heterocycles. The number of aliphatic carboxylic acids is 1. The van der Waals surface area contributed by atoms with Crippen LogP contribution in [0, 0.1) is 0 Å². The van der Waals surface area contributed by atoms with Crippen LogP contribution < -0.4 is 10.6 Å². The number of hydrogen-bond acceptors (Lipinski definition) is 5. The van der Waals surface area contributed by atoms with E-state index in [1.807, 2.05) is 6.92 Å². The van der Waals surface area contributed by atoms with Gasteiger partial charge in [-0.05, 0) is 18.6 Å². The number of carbonyl (C=O) groups excluding carboxylic acids is 2. The molecule has 8 heteroatoms. The maximum atomic E-state index is 12.3. The van der Waals surface area contributed by atoms with Crippen LogP contribution in [0.25, 0.3) is 0 Å². The fraction of sp³-hybridized carbons (Fsp3) is 0.438. The van der Waals surface area contributed by atoms with Crippen molar-refractivity contribution in [3.8, 4) is 0 Å². The molecule has 0 aromatic heterocycles. The van der Waals surface area contributed by atoms with Crippen molar-refractivity contribution >= 4 is 17.8 Å². The number of morpholine rings is 1. The third kappa shape index (κ3) is 5.04. The smallest absolute Gasteiger partial charge is 0.354 e. The molecule has 3 N–H and O–H groups in total. The lowest BCUT2D eigenvalue weighted by atomic mass is 10.0. The summed E-state index contributed by atoms with van der Waals surface area (Å²) in [5, 5.41) is 15.0. The molecule has 0 aromatic rings. The zero-order chi connectivity index (χ0) is 18.1. The summed E-state index contributed by atoms with van der Waals surface area (Å²) in [6, 6.07) is -0.704. The van der Waals surface area contributed by atoms with Gasteiger partial charge < -0.3 is 20.5 Å². The van der Waals surface area contributed by atoms with Gasteiger partial charge in [0.15, 0.2) is 0 Å². The molecule has 0 aliphatic carbocycles. The van der Waals surface area contributed by atoms with E-state index in [1.54, 1.807) is 0 Å². The van der Waals surface area contributed by atoms with Gasteiger partial charge in [0.25, 0.3) is 5.91 Å². The van der Waals surface area contributed by atoms with Crippen molar-refractivity contribution in [2.75, 3.05) is 19.8 Å². The molecule has 0 aromatic carbocycles. The van der Waals surface area contributed by atoms with Gasteiger partial charge in [-0.25, -0.2) is 4.79 Å². The molecule has 2 atom stereocenters. The van der Waals surface area contributed by atoms with Crippen LogP contribution >= 0.6 is 0 Å². The average Bonchev–Trinajstić information content (AvgIpc) is 2.60. The van der Waals surface area contributed by atoms with Crippen molar-refractivity contribution < 1.29 is 24.2 Å². The molecular formula is C16H23N3O5. The summed E-state index contributed by atoms with van der Waals surface area (Å²) in [5.41, 5.74) is -0.352. The van der Waals surface area contributed by atoms with Gasteiger partial charge in [0.05, 0.1) is 25.3 Å². The maximum absolute atomic E-state index is 12.3. The number of nitrogens with one attached hydrogen (secondary N) is 2. The Morgan fingerprint density at radius 2 is 2.12 bits per heavy atom. The van der Waals surface area contributed by atoms with Crippen LogP contribution in [0.2, 0.25) is 0 Å². The number of amides is 2. The second-order valence-corrected chi connectivity index (χ2v) is 5.07. The topological polar surface area (TPSA) is 108 Å². The number of rotatable bonds is 8. The Morgan fingerprint density at radius 1 is 1.42 bits per heavy atom. The number of ether oxygens (including phenoxy) is 1. The second-order valence-electron chi connectivity index (χ2n) is 5.07. The second kappa shape index (κ2) is 9.64. The number of nitrogens with zero attached hydrogens (tertiary/aromatic N) is 1. The Hall–Kier alpha value is -2.45. The van der Waals surface area contributed by atoms with Crippen molar-refractivity contribution in [1.82, 2.24) is 15.5 Å². The molecule has 1 aliphatic rings. The van der Waals surface area contributed by atoms with E-state index in [1.165, 1.54) is 0 Å². The molecule has 8 nitrogen and oxygen atoms in total. The Balaban J connectivity index is 3.20. The Bertz CT molecular complexity index is 538. The molecule has 1 rings (SSSR count). The van der Waals surface area contributed by atoms with Crippen LogP contribution in [-0.4, -0.2) is 59.6 Å². The zero-order valence-corrected chi connectivity index (χ0v) is 13.7. The Kier molecular flexibility index (Phi) is 7.87. The van der Waals surface area contributed by atoms with E-state index in [4.69, 9.17) is 4.74 Å². The van der Waals surface area contributed by atoms with Crippen LogP contribution in [0.15, 0.2) is 37.2 Å². The number of hydrogen-bond donors (Lipinski definition) is 3. The highest BCUT2D eigenvalue weighted by atomic mass is 16.5. The fourth-order valence-electron chi connectivity index (χ4n) is 2.47. The third-order valence-electron chi connectivity index (χ3n) is 3.59. The SMILES string of the molecule is C=CC(=O)NC=C(C(=O)O)N(C(=O)C=C)C(CC)C1COCCN1. The summed E-state index contributed by atoms with van der Waals surface area (Å²) >= 11 is 0. The Labute approximate surface area is 140 Å². The van der Waals surface area contributed by atoms with Gasteiger partial charge in [0, 0.05) is 12.7 Å². The highest BCUT2D eigenvalue weighted by Gasteiger charge is 2.34. The fourth-order valence-corrected chi connectivity index (χ4v) is 2.47. The first kappa shape index (κ1) is 19.6. The monoisotopic (exact) mass is 337 g/mol. The van der Waals surface area contributed by atoms with Crippen LogP contribution in [0.3, 0.4) is 0 Å². The molecule has 1 heterocycles. The first-order chi connectivity index (χ1) is 11.5. The van der Waals surface area contributed by atoms with E-state index in [0.717, 1.165) is 23.3 Å². The number of carboxylic acids is 1. The summed E-state index contributed by atoms with van der Waals surface area (Å²) < 4.78 is 5.41. The molecule has 0 bridgehead atoms. The van der Waals surface area contributed by atoms with Gasteiger partial charge in [0.1, 0.15) is 5.70 Å². The van der Waals surface area contributed by atoms with Crippen molar-refractivity contribution in [2.24, 2.45) is 0 Å². The van der Waals surface area contributed by atoms with Gasteiger partial charge in [0.2, 0.25) is 5.91 Å². The molecule has 1 saturated heterocycles. The lowest BCUT2D eigenvalue weighted by molar-refractivity contribution is -0.140. The normalized spacial score (nSPS) is 19.0. The third-order valence-corrected chi connectivity index (χ3v) is 3.59. The number of carbonyl (C=O) groups is 3. The standard InChI is InChI=1S/C16H23N3O5/c1-4-12(11-10-24-8-7-17-11)19(15(21)6-3)13(16(22)23)9-18-14(20)5-2/h5-6,9,11-12,17H,2-4,7-8,10H2,1H3,(H,18,20)(H,22,23). The minimum absolute atomic E-state index is 0.231. The summed E-state index contributed by atoms with van der Waals surface area (Å²) in [6.07, 6.45) is 3.52. The van der Waals surface area contributed by atoms with Gasteiger partial charge in [-0.2, -0.15) is 0 Å². The van der Waals surface area contributed by atoms with E-state index in [-0.39, 0.29) is 11.7 Å². The molecule has 1 fully saturated rings. The van der Waals surface area contributed by atoms with Crippen molar-refractivity contribution in [3.63, 3.8) is 0 Å². The summed E-state index contributed by atoms with van der Waals surface area (Å²) in [5.74, 6) is -2.49. The van der Waals surface area contributed by atoms with Crippen LogP contribution in [0.5, 0.6) is 0 Å². The van der Waals surface area contributed by atoms with E-state index >= 15 is 0 Å². The molecule has 132 valence electrons. The largest absolute Gasteiger partial charge is 0.477 e. The molecule has 2 unspecified atom stereocenters. The molecule has 0 radical (unpaired) electrons. The van der Waals surface area contributed by atoms with Gasteiger partial charge in [-0.3, -0.25) is 14.5 Å². The minimum atomic E-state index is -1.34. The summed E-state index contributed by atoms with van der Waals surface area (Å²) in [4.78, 5) is 36.4. The van der Waals surface area contributed by atoms with Crippen LogP contribution in [0.4, 0.5) is 0 Å². The van der Waals surface area contributed by atoms with Gasteiger partial charge >= 0.3 is 5.97 Å². The van der Waals surface area contributed by atoms with Crippen LogP contribution in [0.1, 0.15) is 13.3 Å². The summed E-state index contributed by atoms with van der Waals surface area (Å²) in [7, 11) is 0. The average molecular weight is 337 g/mol.